The topological polar surface area (TPSA) is 66.8 Å². The van der Waals surface area contributed by atoms with Crippen molar-refractivity contribution in [2.75, 3.05) is 20.2 Å². The molecule has 108 valence electrons. The van der Waals surface area contributed by atoms with Gasteiger partial charge in [0.2, 0.25) is 5.91 Å². The van der Waals surface area contributed by atoms with E-state index in [0.717, 1.165) is 0 Å². The molecule has 1 aliphatic rings. The molecule has 1 aromatic carbocycles. The molecule has 0 bridgehead atoms. The Hall–Kier alpha value is -2.04. The number of Topliss-reactive ketones (excluding diaryl/α,β-unsaturated/α-hetero) is 1. The Morgan fingerprint density at radius 2 is 1.95 bits per heavy atom. The molecule has 5 nitrogen and oxygen atoms in total. The van der Waals surface area contributed by atoms with Crippen molar-refractivity contribution in [2.45, 2.75) is 19.8 Å². The van der Waals surface area contributed by atoms with Gasteiger partial charge >= 0.3 is 0 Å². The first kappa shape index (κ1) is 14.4. The Morgan fingerprint density at radius 3 is 2.50 bits per heavy atom. The van der Waals surface area contributed by atoms with Crippen LogP contribution >= 0.6 is 0 Å². The summed E-state index contributed by atoms with van der Waals surface area (Å²) in [5.41, 5.74) is 0.297. The molecule has 0 saturated carbocycles. The lowest BCUT2D eigenvalue weighted by molar-refractivity contribution is -0.130. The number of methoxy groups -OCH3 is 1. The number of piperidine rings is 1. The molecule has 0 aromatic heterocycles. The Bertz CT molecular complexity index is 519. The first-order chi connectivity index (χ1) is 9.52. The molecule has 0 atom stereocenters. The highest BCUT2D eigenvalue weighted by Crippen LogP contribution is 2.29. The molecule has 1 amide bonds. The van der Waals surface area contributed by atoms with Crippen LogP contribution in [-0.2, 0) is 4.79 Å². The summed E-state index contributed by atoms with van der Waals surface area (Å²) in [4.78, 5) is 25.5. The quantitative estimate of drug-likeness (QED) is 0.856. The summed E-state index contributed by atoms with van der Waals surface area (Å²) in [5.74, 6) is 0.338. The van der Waals surface area contributed by atoms with Crippen LogP contribution in [0.25, 0.3) is 0 Å². The Morgan fingerprint density at radius 1 is 1.30 bits per heavy atom. The lowest BCUT2D eigenvalue weighted by atomic mass is 9.88. The fourth-order valence-corrected chi connectivity index (χ4v) is 2.52. The number of hydrogen-bond donors (Lipinski definition) is 1. The van der Waals surface area contributed by atoms with Crippen LogP contribution in [0.15, 0.2) is 18.2 Å². The number of amides is 1. The van der Waals surface area contributed by atoms with Crippen molar-refractivity contribution in [1.82, 2.24) is 4.90 Å². The zero-order valence-corrected chi connectivity index (χ0v) is 11.8. The lowest BCUT2D eigenvalue weighted by Crippen LogP contribution is -2.39. The van der Waals surface area contributed by atoms with Gasteiger partial charge in [-0.05, 0) is 31.0 Å². The van der Waals surface area contributed by atoms with E-state index in [1.165, 1.54) is 20.1 Å². The molecule has 0 aliphatic carbocycles. The molecule has 5 heteroatoms. The average molecular weight is 277 g/mol. The molecule has 1 saturated heterocycles. The standard InChI is InChI=1S/C15H19NO4/c1-10(17)16-7-5-11(6-8-16)15(19)13-9-12(20-2)3-4-14(13)18/h3-4,9,11,18H,5-8H2,1-2H3. The van der Waals surface area contributed by atoms with Gasteiger partial charge in [-0.15, -0.1) is 0 Å². The largest absolute Gasteiger partial charge is 0.507 e. The number of rotatable bonds is 3. The van der Waals surface area contributed by atoms with E-state index in [1.54, 1.807) is 17.0 Å². The predicted octanol–water partition coefficient (Wildman–Crippen LogP) is 1.84. The van der Waals surface area contributed by atoms with Crippen LogP contribution in [0.4, 0.5) is 0 Å². The normalized spacial score (nSPS) is 16.0. The van der Waals surface area contributed by atoms with E-state index < -0.39 is 0 Å². The third kappa shape index (κ3) is 2.92. The summed E-state index contributed by atoms with van der Waals surface area (Å²) < 4.78 is 5.08. The van der Waals surface area contributed by atoms with Crippen LogP contribution < -0.4 is 4.74 Å². The maximum absolute atomic E-state index is 12.4. The predicted molar refractivity (Wildman–Crippen MR) is 74.0 cm³/mol. The second kappa shape index (κ2) is 5.94. The Kier molecular flexibility index (Phi) is 4.27. The minimum absolute atomic E-state index is 0.0233. The van der Waals surface area contributed by atoms with Gasteiger partial charge in [-0.1, -0.05) is 0 Å². The molecule has 1 aliphatic heterocycles. The number of ketones is 1. The van der Waals surface area contributed by atoms with Crippen molar-refractivity contribution in [3.63, 3.8) is 0 Å². The minimum atomic E-state index is -0.149. The SMILES string of the molecule is COc1ccc(O)c(C(=O)C2CCN(C(C)=O)CC2)c1. The second-order valence-corrected chi connectivity index (χ2v) is 5.03. The fourth-order valence-electron chi connectivity index (χ4n) is 2.52. The van der Waals surface area contributed by atoms with E-state index in [-0.39, 0.29) is 23.4 Å². The Balaban J connectivity index is 2.11. The zero-order valence-electron chi connectivity index (χ0n) is 11.8. The molecule has 0 unspecified atom stereocenters. The number of aromatic hydroxyl groups is 1. The number of carbonyl (C=O) groups is 2. The third-order valence-corrected chi connectivity index (χ3v) is 3.78. The number of phenolic OH excluding ortho intramolecular Hbond substituents is 1. The Labute approximate surface area is 118 Å². The van der Waals surface area contributed by atoms with E-state index in [9.17, 15) is 14.7 Å². The molecular weight excluding hydrogens is 258 g/mol. The van der Waals surface area contributed by atoms with E-state index >= 15 is 0 Å². The molecule has 1 N–H and O–H groups in total. The van der Waals surface area contributed by atoms with Gasteiger partial charge in [0.1, 0.15) is 11.5 Å². The number of nitrogens with zero attached hydrogens (tertiary/aromatic N) is 1. The number of phenols is 1. The molecule has 2 rings (SSSR count). The monoisotopic (exact) mass is 277 g/mol. The van der Waals surface area contributed by atoms with Crippen LogP contribution in [0.2, 0.25) is 0 Å². The summed E-state index contributed by atoms with van der Waals surface area (Å²) in [6.07, 6.45) is 1.27. The first-order valence-electron chi connectivity index (χ1n) is 6.69. The number of carbonyl (C=O) groups excluding carboxylic acids is 2. The van der Waals surface area contributed by atoms with Gasteiger partial charge in [-0.2, -0.15) is 0 Å². The van der Waals surface area contributed by atoms with E-state index in [4.69, 9.17) is 4.74 Å². The summed E-state index contributed by atoms with van der Waals surface area (Å²) in [6.45, 7) is 2.73. The summed E-state index contributed by atoms with van der Waals surface area (Å²) in [6, 6.07) is 4.65. The number of ether oxygens (including phenoxy) is 1. The molecule has 0 spiro atoms. The van der Waals surface area contributed by atoms with Crippen molar-refractivity contribution < 1.29 is 19.4 Å². The summed E-state index contributed by atoms with van der Waals surface area (Å²) in [5, 5.41) is 9.83. The van der Waals surface area contributed by atoms with E-state index in [2.05, 4.69) is 0 Å². The van der Waals surface area contributed by atoms with Crippen molar-refractivity contribution in [1.29, 1.82) is 0 Å². The van der Waals surface area contributed by atoms with Gasteiger partial charge in [-0.3, -0.25) is 9.59 Å². The molecule has 0 radical (unpaired) electrons. The molecule has 1 fully saturated rings. The van der Waals surface area contributed by atoms with Crippen LogP contribution in [0.1, 0.15) is 30.1 Å². The van der Waals surface area contributed by atoms with E-state index in [0.29, 0.717) is 37.2 Å². The van der Waals surface area contributed by atoms with Crippen molar-refractivity contribution in [3.8, 4) is 11.5 Å². The molecular formula is C15H19NO4. The first-order valence-corrected chi connectivity index (χ1v) is 6.69. The number of likely N-dealkylation sites (tertiary alicyclic amines) is 1. The highest BCUT2D eigenvalue weighted by Gasteiger charge is 2.28. The van der Waals surface area contributed by atoms with Crippen LogP contribution in [-0.4, -0.2) is 41.9 Å². The summed E-state index contributed by atoms with van der Waals surface area (Å²) in [7, 11) is 1.52. The minimum Gasteiger partial charge on any atom is -0.507 e. The van der Waals surface area contributed by atoms with Crippen molar-refractivity contribution in [3.05, 3.63) is 23.8 Å². The third-order valence-electron chi connectivity index (χ3n) is 3.78. The fraction of sp³-hybridized carbons (Fsp3) is 0.467. The van der Waals surface area contributed by atoms with E-state index in [1.807, 2.05) is 0 Å². The van der Waals surface area contributed by atoms with Crippen LogP contribution in [0.3, 0.4) is 0 Å². The number of benzene rings is 1. The highest BCUT2D eigenvalue weighted by atomic mass is 16.5. The summed E-state index contributed by atoms with van der Waals surface area (Å²) >= 11 is 0. The maximum atomic E-state index is 12.4. The van der Waals surface area contributed by atoms with Crippen LogP contribution in [0, 0.1) is 5.92 Å². The van der Waals surface area contributed by atoms with Crippen LogP contribution in [0.5, 0.6) is 11.5 Å². The van der Waals surface area contributed by atoms with Gasteiger partial charge in [0.05, 0.1) is 12.7 Å². The smallest absolute Gasteiger partial charge is 0.219 e. The van der Waals surface area contributed by atoms with Gasteiger partial charge in [-0.25, -0.2) is 0 Å². The molecule has 1 heterocycles. The number of hydrogen-bond acceptors (Lipinski definition) is 4. The van der Waals surface area contributed by atoms with Crippen molar-refractivity contribution in [2.24, 2.45) is 5.92 Å². The van der Waals surface area contributed by atoms with Gasteiger partial charge < -0.3 is 14.7 Å². The maximum Gasteiger partial charge on any atom is 0.219 e. The zero-order chi connectivity index (χ0) is 14.7. The van der Waals surface area contributed by atoms with Gasteiger partial charge in [0.15, 0.2) is 5.78 Å². The van der Waals surface area contributed by atoms with Crippen molar-refractivity contribution >= 4 is 11.7 Å². The molecule has 20 heavy (non-hydrogen) atoms. The molecule has 1 aromatic rings. The second-order valence-electron chi connectivity index (χ2n) is 5.03. The van der Waals surface area contributed by atoms with Gasteiger partial charge in [0, 0.05) is 25.9 Å². The van der Waals surface area contributed by atoms with Gasteiger partial charge in [0.25, 0.3) is 0 Å². The lowest BCUT2D eigenvalue weighted by Gasteiger charge is -2.30. The average Bonchev–Trinajstić information content (AvgIpc) is 2.47. The highest BCUT2D eigenvalue weighted by molar-refractivity contribution is 6.00.